The lowest BCUT2D eigenvalue weighted by atomic mass is 10.2. The SMILES string of the molecule is COCCn1c(=NS(=O)(=O)c2cccs2)sc2cc(C)ccc21. The van der Waals surface area contributed by atoms with Gasteiger partial charge in [-0.05, 0) is 36.1 Å². The lowest BCUT2D eigenvalue weighted by Gasteiger charge is -2.04. The first-order valence-electron chi connectivity index (χ1n) is 6.95. The molecule has 0 atom stereocenters. The van der Waals surface area contributed by atoms with Crippen molar-refractivity contribution in [2.24, 2.45) is 4.40 Å². The molecular weight excluding hydrogens is 352 g/mol. The number of aromatic nitrogens is 1. The second kappa shape index (κ2) is 6.56. The van der Waals surface area contributed by atoms with Crippen LogP contribution in [0.15, 0.2) is 44.3 Å². The molecular formula is C15H16N2O3S3. The first-order chi connectivity index (χ1) is 11.0. The third-order valence-corrected chi connectivity index (χ3v) is 7.10. The summed E-state index contributed by atoms with van der Waals surface area (Å²) in [5.41, 5.74) is 2.10. The number of rotatable bonds is 5. The zero-order chi connectivity index (χ0) is 16.4. The van der Waals surface area contributed by atoms with Crippen LogP contribution in [0.5, 0.6) is 0 Å². The van der Waals surface area contributed by atoms with Crippen molar-refractivity contribution >= 4 is 42.9 Å². The Labute approximate surface area is 142 Å². The number of fused-ring (bicyclic) bond motifs is 1. The van der Waals surface area contributed by atoms with E-state index < -0.39 is 10.0 Å². The van der Waals surface area contributed by atoms with Gasteiger partial charge in [0.1, 0.15) is 4.21 Å². The maximum Gasteiger partial charge on any atom is 0.294 e. The van der Waals surface area contributed by atoms with E-state index in [1.807, 2.05) is 29.7 Å². The molecule has 0 unspecified atom stereocenters. The molecule has 0 bridgehead atoms. The Kier molecular flexibility index (Phi) is 4.67. The van der Waals surface area contributed by atoms with Crippen LogP contribution in [0.1, 0.15) is 5.56 Å². The summed E-state index contributed by atoms with van der Waals surface area (Å²) in [6.45, 7) is 3.06. The summed E-state index contributed by atoms with van der Waals surface area (Å²) in [5.74, 6) is 0. The van der Waals surface area contributed by atoms with Crippen molar-refractivity contribution in [2.75, 3.05) is 13.7 Å². The third kappa shape index (κ3) is 3.40. The Hall–Kier alpha value is -1.48. The van der Waals surface area contributed by atoms with E-state index in [1.165, 1.54) is 22.7 Å². The number of benzene rings is 1. The van der Waals surface area contributed by atoms with Crippen LogP contribution in [-0.2, 0) is 21.3 Å². The van der Waals surface area contributed by atoms with Gasteiger partial charge in [0, 0.05) is 13.7 Å². The predicted octanol–water partition coefficient (Wildman–Crippen LogP) is 3.01. The fourth-order valence-corrected chi connectivity index (χ4v) is 5.53. The molecule has 8 heteroatoms. The zero-order valence-corrected chi connectivity index (χ0v) is 15.2. The van der Waals surface area contributed by atoms with Crippen molar-refractivity contribution in [3.8, 4) is 0 Å². The van der Waals surface area contributed by atoms with Crippen molar-refractivity contribution in [3.05, 3.63) is 46.1 Å². The van der Waals surface area contributed by atoms with Crippen molar-refractivity contribution in [1.29, 1.82) is 0 Å². The number of ether oxygens (including phenoxy) is 1. The van der Waals surface area contributed by atoms with Crippen LogP contribution < -0.4 is 4.80 Å². The molecule has 0 amide bonds. The largest absolute Gasteiger partial charge is 0.383 e. The van der Waals surface area contributed by atoms with Gasteiger partial charge in [0.25, 0.3) is 10.0 Å². The van der Waals surface area contributed by atoms with Gasteiger partial charge < -0.3 is 9.30 Å². The van der Waals surface area contributed by atoms with Gasteiger partial charge in [0.2, 0.25) is 4.80 Å². The molecule has 1 aromatic carbocycles. The lowest BCUT2D eigenvalue weighted by Crippen LogP contribution is -2.19. The van der Waals surface area contributed by atoms with Crippen molar-refractivity contribution < 1.29 is 13.2 Å². The van der Waals surface area contributed by atoms with Crippen LogP contribution in [0, 0.1) is 6.92 Å². The van der Waals surface area contributed by atoms with Gasteiger partial charge >= 0.3 is 0 Å². The fourth-order valence-electron chi connectivity index (χ4n) is 2.21. The first-order valence-corrected chi connectivity index (χ1v) is 10.1. The Morgan fingerprint density at radius 1 is 1.30 bits per heavy atom. The van der Waals surface area contributed by atoms with Gasteiger partial charge in [-0.15, -0.1) is 15.7 Å². The van der Waals surface area contributed by atoms with E-state index in [-0.39, 0.29) is 4.21 Å². The summed E-state index contributed by atoms with van der Waals surface area (Å²) >= 11 is 2.55. The van der Waals surface area contributed by atoms with Crippen molar-refractivity contribution in [1.82, 2.24) is 4.57 Å². The summed E-state index contributed by atoms with van der Waals surface area (Å²) in [7, 11) is -2.06. The number of methoxy groups -OCH3 is 1. The lowest BCUT2D eigenvalue weighted by molar-refractivity contribution is 0.187. The molecule has 0 spiro atoms. The minimum atomic E-state index is -3.68. The molecule has 0 aliphatic carbocycles. The molecule has 0 fully saturated rings. The molecule has 2 aromatic heterocycles. The molecule has 2 heterocycles. The molecule has 0 saturated heterocycles. The Morgan fingerprint density at radius 3 is 2.83 bits per heavy atom. The fraction of sp³-hybridized carbons (Fsp3) is 0.267. The molecule has 3 rings (SSSR count). The van der Waals surface area contributed by atoms with E-state index in [1.54, 1.807) is 24.6 Å². The number of sulfonamides is 1. The number of thiophene rings is 1. The first kappa shape index (κ1) is 16.4. The van der Waals surface area contributed by atoms with Gasteiger partial charge in [-0.1, -0.05) is 23.5 Å². The maximum atomic E-state index is 12.4. The summed E-state index contributed by atoms with van der Waals surface area (Å²) in [4.78, 5) is 0.469. The van der Waals surface area contributed by atoms with E-state index in [9.17, 15) is 8.42 Å². The number of hydrogen-bond donors (Lipinski definition) is 0. The van der Waals surface area contributed by atoms with E-state index in [0.717, 1.165) is 15.8 Å². The molecule has 0 N–H and O–H groups in total. The molecule has 122 valence electrons. The standard InChI is InChI=1S/C15H16N2O3S3/c1-11-5-6-12-13(10-11)22-15(17(12)7-8-20-2)16-23(18,19)14-4-3-9-21-14/h3-6,9-10H,7-8H2,1-2H3. The zero-order valence-electron chi connectivity index (χ0n) is 12.7. The normalized spacial score (nSPS) is 13.0. The maximum absolute atomic E-state index is 12.4. The third-order valence-electron chi connectivity index (χ3n) is 3.30. The molecule has 0 saturated carbocycles. The van der Waals surface area contributed by atoms with Gasteiger partial charge in [-0.25, -0.2) is 0 Å². The number of thiazole rings is 1. The number of aryl methyl sites for hydroxylation is 1. The van der Waals surface area contributed by atoms with Crippen LogP contribution in [0.3, 0.4) is 0 Å². The molecule has 0 aliphatic heterocycles. The monoisotopic (exact) mass is 368 g/mol. The molecule has 23 heavy (non-hydrogen) atoms. The predicted molar refractivity (Wildman–Crippen MR) is 93.5 cm³/mol. The smallest absolute Gasteiger partial charge is 0.294 e. The van der Waals surface area contributed by atoms with Gasteiger partial charge in [0.15, 0.2) is 0 Å². The highest BCUT2D eigenvalue weighted by atomic mass is 32.2. The van der Waals surface area contributed by atoms with E-state index in [2.05, 4.69) is 4.40 Å². The number of hydrogen-bond acceptors (Lipinski definition) is 5. The van der Waals surface area contributed by atoms with E-state index >= 15 is 0 Å². The van der Waals surface area contributed by atoms with Crippen LogP contribution in [0.4, 0.5) is 0 Å². The van der Waals surface area contributed by atoms with Crippen LogP contribution >= 0.6 is 22.7 Å². The summed E-state index contributed by atoms with van der Waals surface area (Å²) in [6, 6.07) is 9.32. The quantitative estimate of drug-likeness (QED) is 0.695. The minimum absolute atomic E-state index is 0.254. The van der Waals surface area contributed by atoms with E-state index in [4.69, 9.17) is 4.74 Å². The highest BCUT2D eigenvalue weighted by Gasteiger charge is 2.15. The highest BCUT2D eigenvalue weighted by Crippen LogP contribution is 2.21. The summed E-state index contributed by atoms with van der Waals surface area (Å²) in [6.07, 6.45) is 0. The number of nitrogens with zero attached hydrogens (tertiary/aromatic N) is 2. The Bertz CT molecular complexity index is 983. The average molecular weight is 369 g/mol. The molecule has 5 nitrogen and oxygen atoms in total. The summed E-state index contributed by atoms with van der Waals surface area (Å²) < 4.78 is 37.2. The average Bonchev–Trinajstić information content (AvgIpc) is 3.12. The Morgan fingerprint density at radius 2 is 2.13 bits per heavy atom. The second-order valence-electron chi connectivity index (χ2n) is 5.00. The van der Waals surface area contributed by atoms with Crippen LogP contribution in [0.2, 0.25) is 0 Å². The topological polar surface area (TPSA) is 60.7 Å². The Balaban J connectivity index is 2.21. The van der Waals surface area contributed by atoms with Gasteiger partial charge in [-0.3, -0.25) is 0 Å². The molecule has 0 aliphatic rings. The molecule has 3 aromatic rings. The van der Waals surface area contributed by atoms with Crippen LogP contribution in [0.25, 0.3) is 10.2 Å². The van der Waals surface area contributed by atoms with Gasteiger partial charge in [-0.2, -0.15) is 8.42 Å². The van der Waals surface area contributed by atoms with Gasteiger partial charge in [0.05, 0.1) is 16.8 Å². The van der Waals surface area contributed by atoms with Crippen LogP contribution in [-0.4, -0.2) is 26.7 Å². The van der Waals surface area contributed by atoms with E-state index in [0.29, 0.717) is 18.0 Å². The van der Waals surface area contributed by atoms with Crippen molar-refractivity contribution in [2.45, 2.75) is 17.7 Å². The summed E-state index contributed by atoms with van der Waals surface area (Å²) in [5, 5.41) is 1.73. The minimum Gasteiger partial charge on any atom is -0.383 e. The van der Waals surface area contributed by atoms with Crippen molar-refractivity contribution in [3.63, 3.8) is 0 Å². The molecule has 0 radical (unpaired) electrons. The highest BCUT2D eigenvalue weighted by molar-refractivity contribution is 7.92. The second-order valence-corrected chi connectivity index (χ2v) is 8.79.